The van der Waals surface area contributed by atoms with Crippen LogP contribution in [0.2, 0.25) is 0 Å². The highest BCUT2D eigenvalue weighted by Crippen LogP contribution is 2.27. The molecule has 78 valence electrons. The van der Waals surface area contributed by atoms with Gasteiger partial charge in [0, 0.05) is 12.1 Å². The molecule has 0 aliphatic heterocycles. The molecule has 2 N–H and O–H groups in total. The maximum absolute atomic E-state index is 9.55. The third kappa shape index (κ3) is 1.56. The molecule has 2 aromatic rings. The predicted octanol–water partition coefficient (Wildman–Crippen LogP) is 2.51. The number of hydrogen-bond acceptors (Lipinski definition) is 2. The van der Waals surface area contributed by atoms with E-state index in [1.165, 1.54) is 22.3 Å². The van der Waals surface area contributed by atoms with Gasteiger partial charge in [0.05, 0.1) is 5.69 Å². The zero-order valence-corrected chi connectivity index (χ0v) is 8.73. The smallest absolute Gasteiger partial charge is 0.198 e. The lowest BCUT2D eigenvalue weighted by Crippen LogP contribution is -1.93. The van der Waals surface area contributed by atoms with E-state index in [1.54, 1.807) is 0 Å². The second-order valence-electron chi connectivity index (χ2n) is 3.65. The molecule has 0 saturated heterocycles. The number of aryl methyl sites for hydroxylation is 2. The van der Waals surface area contributed by atoms with Crippen molar-refractivity contribution in [3.05, 3.63) is 41.5 Å². The van der Waals surface area contributed by atoms with E-state index >= 15 is 0 Å². The Bertz CT molecular complexity index is 481. The Hall–Kier alpha value is -1.90. The van der Waals surface area contributed by atoms with Crippen molar-refractivity contribution < 1.29 is 10.2 Å². The lowest BCUT2D eigenvalue weighted by Gasteiger charge is -2.08. The van der Waals surface area contributed by atoms with Gasteiger partial charge in [-0.25, -0.2) is 0 Å². The third-order valence-corrected chi connectivity index (χ3v) is 2.59. The quantitative estimate of drug-likeness (QED) is 0.748. The van der Waals surface area contributed by atoms with Crippen molar-refractivity contribution in [1.82, 2.24) is 4.57 Å². The number of rotatable bonds is 1. The first kappa shape index (κ1) is 9.65. The SMILES string of the molecule is Cc1ccc(-n2c(O)ccc2O)cc1C. The zero-order valence-electron chi connectivity index (χ0n) is 8.73. The number of aromatic hydroxyl groups is 2. The first-order valence-corrected chi connectivity index (χ1v) is 4.77. The molecule has 0 aliphatic carbocycles. The monoisotopic (exact) mass is 203 g/mol. The van der Waals surface area contributed by atoms with Gasteiger partial charge in [-0.2, -0.15) is 0 Å². The van der Waals surface area contributed by atoms with Crippen molar-refractivity contribution in [3.8, 4) is 17.4 Å². The van der Waals surface area contributed by atoms with E-state index < -0.39 is 0 Å². The minimum atomic E-state index is 0.0377. The molecule has 0 radical (unpaired) electrons. The minimum Gasteiger partial charge on any atom is -0.494 e. The summed E-state index contributed by atoms with van der Waals surface area (Å²) in [5.74, 6) is 0.0755. The van der Waals surface area contributed by atoms with Gasteiger partial charge in [0.2, 0.25) is 0 Å². The summed E-state index contributed by atoms with van der Waals surface area (Å²) in [5, 5.41) is 19.1. The number of benzene rings is 1. The van der Waals surface area contributed by atoms with Crippen LogP contribution in [-0.2, 0) is 0 Å². The van der Waals surface area contributed by atoms with Crippen molar-refractivity contribution >= 4 is 0 Å². The van der Waals surface area contributed by atoms with Crippen molar-refractivity contribution in [3.63, 3.8) is 0 Å². The summed E-state index contributed by atoms with van der Waals surface area (Å²) in [6.45, 7) is 4.02. The van der Waals surface area contributed by atoms with Crippen molar-refractivity contribution in [2.75, 3.05) is 0 Å². The Morgan fingerprint density at radius 2 is 1.47 bits per heavy atom. The Kier molecular flexibility index (Phi) is 2.15. The summed E-state index contributed by atoms with van der Waals surface area (Å²) >= 11 is 0. The molecule has 1 aromatic carbocycles. The standard InChI is InChI=1S/C12H13NO2/c1-8-3-4-10(7-9(8)2)13-11(14)5-6-12(13)15/h3-7,14-15H,1-2H3. The van der Waals surface area contributed by atoms with Gasteiger partial charge in [0.15, 0.2) is 11.8 Å². The number of hydrogen-bond donors (Lipinski definition) is 2. The van der Waals surface area contributed by atoms with Gasteiger partial charge < -0.3 is 10.2 Å². The Labute approximate surface area is 88.2 Å². The van der Waals surface area contributed by atoms with Crippen LogP contribution in [0.1, 0.15) is 11.1 Å². The summed E-state index contributed by atoms with van der Waals surface area (Å²) in [5.41, 5.74) is 3.07. The van der Waals surface area contributed by atoms with Gasteiger partial charge in [-0.1, -0.05) is 6.07 Å². The molecular weight excluding hydrogens is 190 g/mol. The van der Waals surface area contributed by atoms with Gasteiger partial charge in [-0.3, -0.25) is 4.57 Å². The molecule has 0 saturated carbocycles. The zero-order chi connectivity index (χ0) is 11.0. The average molecular weight is 203 g/mol. The largest absolute Gasteiger partial charge is 0.494 e. The highest BCUT2D eigenvalue weighted by molar-refractivity contribution is 5.45. The van der Waals surface area contributed by atoms with E-state index in [0.717, 1.165) is 11.3 Å². The molecule has 0 atom stereocenters. The normalized spacial score (nSPS) is 10.5. The van der Waals surface area contributed by atoms with E-state index in [1.807, 2.05) is 32.0 Å². The fourth-order valence-electron chi connectivity index (χ4n) is 1.54. The van der Waals surface area contributed by atoms with E-state index in [9.17, 15) is 10.2 Å². The maximum atomic E-state index is 9.55. The van der Waals surface area contributed by atoms with E-state index in [2.05, 4.69) is 0 Å². The topological polar surface area (TPSA) is 45.4 Å². The van der Waals surface area contributed by atoms with E-state index in [4.69, 9.17) is 0 Å². The van der Waals surface area contributed by atoms with Crippen LogP contribution in [0.4, 0.5) is 0 Å². The third-order valence-electron chi connectivity index (χ3n) is 2.59. The average Bonchev–Trinajstić information content (AvgIpc) is 2.52. The van der Waals surface area contributed by atoms with Gasteiger partial charge >= 0.3 is 0 Å². The predicted molar refractivity (Wildman–Crippen MR) is 58.6 cm³/mol. The van der Waals surface area contributed by atoms with Crippen LogP contribution in [0.25, 0.3) is 5.69 Å². The van der Waals surface area contributed by atoms with Crippen LogP contribution in [0, 0.1) is 13.8 Å². The van der Waals surface area contributed by atoms with E-state index in [0.29, 0.717) is 0 Å². The number of aromatic nitrogens is 1. The molecule has 3 heteroatoms. The molecule has 1 heterocycles. The summed E-state index contributed by atoms with van der Waals surface area (Å²) in [7, 11) is 0. The lowest BCUT2D eigenvalue weighted by atomic mass is 10.1. The summed E-state index contributed by atoms with van der Waals surface area (Å²) in [4.78, 5) is 0. The second kappa shape index (κ2) is 3.35. The van der Waals surface area contributed by atoms with Crippen LogP contribution in [0.15, 0.2) is 30.3 Å². The molecule has 0 unspecified atom stereocenters. The van der Waals surface area contributed by atoms with Crippen LogP contribution in [0.3, 0.4) is 0 Å². The maximum Gasteiger partial charge on any atom is 0.198 e. The fourth-order valence-corrected chi connectivity index (χ4v) is 1.54. The Morgan fingerprint density at radius 1 is 0.867 bits per heavy atom. The van der Waals surface area contributed by atoms with Gasteiger partial charge in [0.25, 0.3) is 0 Å². The van der Waals surface area contributed by atoms with Crippen molar-refractivity contribution in [1.29, 1.82) is 0 Å². The summed E-state index contributed by atoms with van der Waals surface area (Å²) < 4.78 is 1.40. The lowest BCUT2D eigenvalue weighted by molar-refractivity contribution is 0.402. The molecule has 0 spiro atoms. The molecule has 15 heavy (non-hydrogen) atoms. The van der Waals surface area contributed by atoms with Crippen molar-refractivity contribution in [2.24, 2.45) is 0 Å². The fraction of sp³-hybridized carbons (Fsp3) is 0.167. The van der Waals surface area contributed by atoms with Gasteiger partial charge in [0.1, 0.15) is 0 Å². The van der Waals surface area contributed by atoms with Gasteiger partial charge in [-0.05, 0) is 37.1 Å². The van der Waals surface area contributed by atoms with Crippen LogP contribution in [0.5, 0.6) is 11.8 Å². The molecule has 0 amide bonds. The highest BCUT2D eigenvalue weighted by Gasteiger charge is 2.08. The molecular formula is C12H13NO2. The second-order valence-corrected chi connectivity index (χ2v) is 3.65. The van der Waals surface area contributed by atoms with Crippen LogP contribution >= 0.6 is 0 Å². The first-order valence-electron chi connectivity index (χ1n) is 4.77. The molecule has 2 rings (SSSR count). The molecule has 1 aromatic heterocycles. The Balaban J connectivity index is 2.59. The molecule has 0 fully saturated rings. The minimum absolute atomic E-state index is 0.0377. The molecule has 0 aliphatic rings. The highest BCUT2D eigenvalue weighted by atomic mass is 16.3. The first-order chi connectivity index (χ1) is 7.09. The Morgan fingerprint density at radius 3 is 2.00 bits per heavy atom. The summed E-state index contributed by atoms with van der Waals surface area (Å²) in [6, 6.07) is 8.68. The van der Waals surface area contributed by atoms with Gasteiger partial charge in [-0.15, -0.1) is 0 Å². The number of nitrogens with zero attached hydrogens (tertiary/aromatic N) is 1. The van der Waals surface area contributed by atoms with Crippen LogP contribution in [-0.4, -0.2) is 14.8 Å². The van der Waals surface area contributed by atoms with Crippen molar-refractivity contribution in [2.45, 2.75) is 13.8 Å². The van der Waals surface area contributed by atoms with Crippen LogP contribution < -0.4 is 0 Å². The van der Waals surface area contributed by atoms with E-state index in [-0.39, 0.29) is 11.8 Å². The molecule has 3 nitrogen and oxygen atoms in total. The molecule has 0 bridgehead atoms. The summed E-state index contributed by atoms with van der Waals surface area (Å²) in [6.07, 6.45) is 0.